The minimum absolute atomic E-state index is 0.00404. The second kappa shape index (κ2) is 7.81. The molecule has 0 unspecified atom stereocenters. The molecule has 1 aliphatic heterocycles. The van der Waals surface area contributed by atoms with Crippen LogP contribution in [0.3, 0.4) is 0 Å². The van der Waals surface area contributed by atoms with E-state index >= 15 is 0 Å². The normalized spacial score (nSPS) is 17.6. The van der Waals surface area contributed by atoms with Crippen molar-refractivity contribution in [2.45, 2.75) is 63.8 Å². The fourth-order valence-corrected chi connectivity index (χ4v) is 4.65. The fraction of sp³-hybridized carbons (Fsp3) is 0.619. The van der Waals surface area contributed by atoms with Crippen molar-refractivity contribution in [2.24, 2.45) is 0 Å². The molecule has 0 radical (unpaired) electrons. The zero-order valence-electron chi connectivity index (χ0n) is 18.3. The van der Waals surface area contributed by atoms with Crippen molar-refractivity contribution in [3.05, 3.63) is 41.5 Å². The first-order chi connectivity index (χ1) is 13.4. The highest BCUT2D eigenvalue weighted by atomic mass is 32.2. The van der Waals surface area contributed by atoms with E-state index in [0.29, 0.717) is 49.3 Å². The zero-order chi connectivity index (χ0) is 21.4. The molecule has 0 N–H and O–H groups in total. The maximum absolute atomic E-state index is 13.0. The predicted molar refractivity (Wildman–Crippen MR) is 112 cm³/mol. The molecule has 29 heavy (non-hydrogen) atoms. The van der Waals surface area contributed by atoms with Crippen molar-refractivity contribution in [3.63, 3.8) is 0 Å². The van der Waals surface area contributed by atoms with Crippen LogP contribution in [0.5, 0.6) is 0 Å². The lowest BCUT2D eigenvalue weighted by atomic mass is 9.87. The fourth-order valence-electron chi connectivity index (χ4n) is 3.23. The number of rotatable bonds is 4. The highest BCUT2D eigenvalue weighted by Crippen LogP contribution is 2.25. The Morgan fingerprint density at radius 1 is 0.931 bits per heavy atom. The molecule has 1 saturated heterocycles. The van der Waals surface area contributed by atoms with Gasteiger partial charge in [0.25, 0.3) is 0 Å². The number of nitrogens with zero attached hydrogens (tertiary/aromatic N) is 4. The Balaban J connectivity index is 1.61. The zero-order valence-corrected chi connectivity index (χ0v) is 19.1. The SMILES string of the molecule is CC(C)(C)c1ccc(S(=O)(=O)N2CCN(Cc3noc(C(C)(C)C)n3)CC2)cc1. The molecule has 1 aromatic carbocycles. The van der Waals surface area contributed by atoms with Gasteiger partial charge in [0, 0.05) is 31.6 Å². The Labute approximate surface area is 174 Å². The van der Waals surface area contributed by atoms with E-state index < -0.39 is 10.0 Å². The molecule has 1 fully saturated rings. The van der Waals surface area contributed by atoms with Crippen LogP contribution in [0.15, 0.2) is 33.7 Å². The van der Waals surface area contributed by atoms with Crippen LogP contribution < -0.4 is 0 Å². The Morgan fingerprint density at radius 2 is 1.52 bits per heavy atom. The van der Waals surface area contributed by atoms with E-state index in [2.05, 4.69) is 35.8 Å². The van der Waals surface area contributed by atoms with Crippen molar-refractivity contribution in [1.82, 2.24) is 19.3 Å². The monoisotopic (exact) mass is 420 g/mol. The van der Waals surface area contributed by atoms with Gasteiger partial charge in [0.2, 0.25) is 15.9 Å². The highest BCUT2D eigenvalue weighted by molar-refractivity contribution is 7.89. The van der Waals surface area contributed by atoms with Crippen LogP contribution in [0.1, 0.15) is 58.8 Å². The van der Waals surface area contributed by atoms with Crippen LogP contribution in [0, 0.1) is 0 Å². The topological polar surface area (TPSA) is 79.5 Å². The summed E-state index contributed by atoms with van der Waals surface area (Å²) in [5.74, 6) is 1.26. The molecule has 7 nitrogen and oxygen atoms in total. The van der Waals surface area contributed by atoms with Crippen LogP contribution >= 0.6 is 0 Å². The standard InChI is InChI=1S/C21H32N4O3S/c1-20(2,3)16-7-9-17(10-8-16)29(26,27)25-13-11-24(12-14-25)15-18-22-19(28-23-18)21(4,5)6/h7-10H,11-15H2,1-6H3. The summed E-state index contributed by atoms with van der Waals surface area (Å²) in [7, 11) is -3.48. The lowest BCUT2D eigenvalue weighted by Crippen LogP contribution is -2.48. The number of piperazine rings is 1. The van der Waals surface area contributed by atoms with Crippen LogP contribution in [0.4, 0.5) is 0 Å². The Hall–Kier alpha value is -1.77. The van der Waals surface area contributed by atoms with Crippen molar-refractivity contribution in [1.29, 1.82) is 0 Å². The Bertz CT molecular complexity index is 930. The summed E-state index contributed by atoms with van der Waals surface area (Å²) < 4.78 is 32.9. The summed E-state index contributed by atoms with van der Waals surface area (Å²) in [6.07, 6.45) is 0. The third-order valence-electron chi connectivity index (χ3n) is 5.16. The van der Waals surface area contributed by atoms with Gasteiger partial charge in [-0.1, -0.05) is 58.8 Å². The van der Waals surface area contributed by atoms with E-state index in [-0.39, 0.29) is 10.8 Å². The average molecular weight is 421 g/mol. The van der Waals surface area contributed by atoms with E-state index in [1.54, 1.807) is 16.4 Å². The lowest BCUT2D eigenvalue weighted by Gasteiger charge is -2.33. The summed E-state index contributed by atoms with van der Waals surface area (Å²) in [6, 6.07) is 7.25. The first-order valence-electron chi connectivity index (χ1n) is 10.0. The molecule has 0 saturated carbocycles. The molecule has 1 aromatic heterocycles. The van der Waals surface area contributed by atoms with Crippen LogP contribution in [-0.4, -0.2) is 53.9 Å². The van der Waals surface area contributed by atoms with Gasteiger partial charge in [-0.3, -0.25) is 4.90 Å². The summed E-state index contributed by atoms with van der Waals surface area (Å²) >= 11 is 0. The van der Waals surface area contributed by atoms with E-state index in [1.165, 1.54) is 0 Å². The molecule has 3 rings (SSSR count). The summed E-state index contributed by atoms with van der Waals surface area (Å²) in [6.45, 7) is 15.2. The quantitative estimate of drug-likeness (QED) is 0.756. The number of benzene rings is 1. The van der Waals surface area contributed by atoms with Gasteiger partial charge >= 0.3 is 0 Å². The van der Waals surface area contributed by atoms with E-state index in [9.17, 15) is 8.42 Å². The molecular weight excluding hydrogens is 388 g/mol. The summed E-state index contributed by atoms with van der Waals surface area (Å²) in [5, 5.41) is 4.06. The van der Waals surface area contributed by atoms with Crippen molar-refractivity contribution < 1.29 is 12.9 Å². The molecule has 0 spiro atoms. The molecule has 0 amide bonds. The van der Waals surface area contributed by atoms with Crippen molar-refractivity contribution in [2.75, 3.05) is 26.2 Å². The smallest absolute Gasteiger partial charge is 0.243 e. The molecule has 1 aliphatic rings. The van der Waals surface area contributed by atoms with Gasteiger partial charge < -0.3 is 4.52 Å². The average Bonchev–Trinajstić information content (AvgIpc) is 3.10. The first-order valence-corrected chi connectivity index (χ1v) is 11.5. The molecule has 2 heterocycles. The van der Waals surface area contributed by atoms with Gasteiger partial charge in [0.1, 0.15) is 0 Å². The van der Waals surface area contributed by atoms with Crippen LogP contribution in [-0.2, 0) is 27.4 Å². The van der Waals surface area contributed by atoms with Crippen molar-refractivity contribution in [3.8, 4) is 0 Å². The molecule has 2 aromatic rings. The second-order valence-corrected chi connectivity index (χ2v) is 11.7. The van der Waals surface area contributed by atoms with Gasteiger partial charge in [-0.15, -0.1) is 0 Å². The number of aromatic nitrogens is 2. The molecule has 0 aliphatic carbocycles. The van der Waals surface area contributed by atoms with E-state index in [1.807, 2.05) is 32.9 Å². The van der Waals surface area contributed by atoms with Gasteiger partial charge in [0.05, 0.1) is 11.4 Å². The molecule has 160 valence electrons. The summed E-state index contributed by atoms with van der Waals surface area (Å²) in [5.41, 5.74) is 0.937. The second-order valence-electron chi connectivity index (χ2n) is 9.72. The predicted octanol–water partition coefficient (Wildman–Crippen LogP) is 3.17. The van der Waals surface area contributed by atoms with E-state index in [4.69, 9.17) is 4.52 Å². The van der Waals surface area contributed by atoms with Crippen LogP contribution in [0.2, 0.25) is 0 Å². The van der Waals surface area contributed by atoms with Crippen LogP contribution in [0.25, 0.3) is 0 Å². The molecular formula is C21H32N4O3S. The van der Waals surface area contributed by atoms with Gasteiger partial charge in [0.15, 0.2) is 5.82 Å². The molecule has 0 bridgehead atoms. The lowest BCUT2D eigenvalue weighted by molar-refractivity contribution is 0.176. The van der Waals surface area contributed by atoms with Gasteiger partial charge in [-0.2, -0.15) is 9.29 Å². The Morgan fingerprint density at radius 3 is 2.00 bits per heavy atom. The third kappa shape index (κ3) is 5.05. The largest absolute Gasteiger partial charge is 0.339 e. The third-order valence-corrected chi connectivity index (χ3v) is 7.08. The maximum Gasteiger partial charge on any atom is 0.243 e. The summed E-state index contributed by atoms with van der Waals surface area (Å²) in [4.78, 5) is 6.98. The number of hydrogen-bond acceptors (Lipinski definition) is 6. The van der Waals surface area contributed by atoms with Gasteiger partial charge in [-0.05, 0) is 23.1 Å². The van der Waals surface area contributed by atoms with Gasteiger partial charge in [-0.25, -0.2) is 8.42 Å². The minimum atomic E-state index is -3.48. The highest BCUT2D eigenvalue weighted by Gasteiger charge is 2.30. The Kier molecular flexibility index (Phi) is 5.91. The first kappa shape index (κ1) is 21.9. The number of hydrogen-bond donors (Lipinski definition) is 0. The number of sulfonamides is 1. The molecule has 8 heteroatoms. The maximum atomic E-state index is 13.0. The molecule has 0 atom stereocenters. The van der Waals surface area contributed by atoms with E-state index in [0.717, 1.165) is 5.56 Å². The van der Waals surface area contributed by atoms with Crippen molar-refractivity contribution >= 4 is 10.0 Å². The minimum Gasteiger partial charge on any atom is -0.339 e.